The molecule has 1 aliphatic heterocycles. The molecule has 0 spiro atoms. The first-order chi connectivity index (χ1) is 8.37. The van der Waals surface area contributed by atoms with Crippen molar-refractivity contribution in [1.82, 2.24) is 5.32 Å². The van der Waals surface area contributed by atoms with E-state index in [0.717, 1.165) is 12.7 Å². The predicted octanol–water partition coefficient (Wildman–Crippen LogP) is -0.225. The van der Waals surface area contributed by atoms with Crippen LogP contribution in [0, 0.1) is 23.7 Å². The second kappa shape index (κ2) is 3.57. The maximum absolute atomic E-state index is 11.8. The lowest BCUT2D eigenvalue weighted by Gasteiger charge is -2.40. The van der Waals surface area contributed by atoms with Crippen LogP contribution in [0.15, 0.2) is 11.8 Å². The average molecular weight is 271 g/mol. The van der Waals surface area contributed by atoms with Crippen LogP contribution >= 0.6 is 0 Å². The van der Waals surface area contributed by atoms with Gasteiger partial charge in [-0.1, -0.05) is 0 Å². The number of rotatable bonds is 2. The number of hydrogen-bond acceptors (Lipinski definition) is 5. The molecule has 2 unspecified atom stereocenters. The fraction of sp³-hybridized carbons (Fsp3) is 0.636. The van der Waals surface area contributed by atoms with E-state index in [1.165, 1.54) is 0 Å². The molecule has 0 radical (unpaired) electrons. The fourth-order valence-electron chi connectivity index (χ4n) is 3.34. The lowest BCUT2D eigenvalue weighted by Crippen LogP contribution is -2.41. The fourth-order valence-corrected chi connectivity index (χ4v) is 3.87. The van der Waals surface area contributed by atoms with Gasteiger partial charge in [-0.15, -0.1) is 0 Å². The van der Waals surface area contributed by atoms with Gasteiger partial charge in [-0.3, -0.25) is 14.9 Å². The molecule has 4 atom stereocenters. The summed E-state index contributed by atoms with van der Waals surface area (Å²) in [7, 11) is -3.59. The van der Waals surface area contributed by atoms with E-state index in [9.17, 15) is 18.0 Å². The molecule has 18 heavy (non-hydrogen) atoms. The van der Waals surface area contributed by atoms with Crippen LogP contribution in [0.1, 0.15) is 12.8 Å². The van der Waals surface area contributed by atoms with Crippen LogP contribution in [0.5, 0.6) is 0 Å². The molecule has 1 saturated carbocycles. The standard InChI is InChI=1S/C11H13NO5S/c1-18(15,16)17-7-4-5-2-3-6(7)9-8(5)10(13)12-11(9)14/h4-6,8-9H,2-3H2,1H3,(H,12,13,14)/t5?,6-,8?,9+/m0/s1. The maximum Gasteiger partial charge on any atom is 0.305 e. The predicted molar refractivity (Wildman–Crippen MR) is 60.4 cm³/mol. The highest BCUT2D eigenvalue weighted by Gasteiger charge is 2.56. The van der Waals surface area contributed by atoms with Crippen molar-refractivity contribution < 1.29 is 22.2 Å². The van der Waals surface area contributed by atoms with Crippen molar-refractivity contribution in [3.8, 4) is 0 Å². The van der Waals surface area contributed by atoms with Gasteiger partial charge in [0.1, 0.15) is 5.76 Å². The Hall–Kier alpha value is -1.37. The molecule has 0 aromatic rings. The van der Waals surface area contributed by atoms with Crippen LogP contribution in [0.4, 0.5) is 0 Å². The van der Waals surface area contributed by atoms with Gasteiger partial charge in [0.15, 0.2) is 0 Å². The SMILES string of the molecule is CS(=O)(=O)OC1=CC2CC[C@@H]1[C@H]1C(=O)NC(=O)C21. The molecule has 2 amide bonds. The highest BCUT2D eigenvalue weighted by atomic mass is 32.2. The maximum atomic E-state index is 11.8. The first kappa shape index (κ1) is 11.7. The number of fused-ring (bicyclic) bond motifs is 1. The van der Waals surface area contributed by atoms with E-state index >= 15 is 0 Å². The van der Waals surface area contributed by atoms with E-state index in [2.05, 4.69) is 5.32 Å². The molecular weight excluding hydrogens is 258 g/mol. The molecule has 2 fully saturated rings. The summed E-state index contributed by atoms with van der Waals surface area (Å²) in [6.45, 7) is 0. The van der Waals surface area contributed by atoms with Crippen LogP contribution in [-0.2, 0) is 23.9 Å². The van der Waals surface area contributed by atoms with Gasteiger partial charge in [-0.25, -0.2) is 0 Å². The molecule has 7 heteroatoms. The number of carbonyl (C=O) groups is 2. The molecule has 2 bridgehead atoms. The molecule has 4 rings (SSSR count). The van der Waals surface area contributed by atoms with E-state index in [1.54, 1.807) is 6.08 Å². The largest absolute Gasteiger partial charge is 0.387 e. The Morgan fingerprint density at radius 3 is 2.56 bits per heavy atom. The minimum Gasteiger partial charge on any atom is -0.387 e. The topological polar surface area (TPSA) is 89.5 Å². The summed E-state index contributed by atoms with van der Waals surface area (Å²) < 4.78 is 27.3. The smallest absolute Gasteiger partial charge is 0.305 e. The second-order valence-electron chi connectivity index (χ2n) is 5.11. The Balaban J connectivity index is 1.98. The van der Waals surface area contributed by atoms with Crippen molar-refractivity contribution in [2.24, 2.45) is 23.7 Å². The minimum absolute atomic E-state index is 0.0943. The van der Waals surface area contributed by atoms with E-state index < -0.39 is 16.0 Å². The van der Waals surface area contributed by atoms with Crippen LogP contribution in [0.3, 0.4) is 0 Å². The Bertz CT molecular complexity index is 564. The van der Waals surface area contributed by atoms with E-state index in [4.69, 9.17) is 4.18 Å². The monoisotopic (exact) mass is 271 g/mol. The van der Waals surface area contributed by atoms with Crippen molar-refractivity contribution in [2.75, 3.05) is 6.26 Å². The van der Waals surface area contributed by atoms with Gasteiger partial charge in [0, 0.05) is 5.92 Å². The van der Waals surface area contributed by atoms with Gasteiger partial charge in [0.25, 0.3) is 0 Å². The Morgan fingerprint density at radius 1 is 1.22 bits per heavy atom. The van der Waals surface area contributed by atoms with Gasteiger partial charge < -0.3 is 4.18 Å². The average Bonchev–Trinajstić information content (AvgIpc) is 2.55. The Kier molecular flexibility index (Phi) is 2.32. The van der Waals surface area contributed by atoms with Crippen molar-refractivity contribution in [1.29, 1.82) is 0 Å². The molecule has 0 aromatic heterocycles. The highest BCUT2D eigenvalue weighted by Crippen LogP contribution is 2.50. The zero-order valence-corrected chi connectivity index (χ0v) is 10.6. The van der Waals surface area contributed by atoms with Gasteiger partial charge in [-0.05, 0) is 24.8 Å². The van der Waals surface area contributed by atoms with Crippen LogP contribution < -0.4 is 5.32 Å². The third-order valence-electron chi connectivity index (χ3n) is 3.94. The van der Waals surface area contributed by atoms with Crippen LogP contribution in [0.2, 0.25) is 0 Å². The zero-order valence-electron chi connectivity index (χ0n) is 9.75. The number of amides is 2. The number of hydrogen-bond donors (Lipinski definition) is 1. The van der Waals surface area contributed by atoms with Crippen molar-refractivity contribution >= 4 is 21.9 Å². The molecule has 98 valence electrons. The first-order valence-electron chi connectivity index (χ1n) is 5.83. The van der Waals surface area contributed by atoms with Crippen molar-refractivity contribution in [3.63, 3.8) is 0 Å². The summed E-state index contributed by atoms with van der Waals surface area (Å²) >= 11 is 0. The molecule has 6 nitrogen and oxygen atoms in total. The minimum atomic E-state index is -3.59. The summed E-state index contributed by atoms with van der Waals surface area (Å²) in [5, 5.41) is 2.33. The highest BCUT2D eigenvalue weighted by molar-refractivity contribution is 7.86. The molecule has 3 aliphatic carbocycles. The van der Waals surface area contributed by atoms with Gasteiger partial charge >= 0.3 is 10.1 Å². The molecule has 1 N–H and O–H groups in total. The molecule has 1 saturated heterocycles. The Morgan fingerprint density at radius 2 is 1.89 bits per heavy atom. The summed E-state index contributed by atoms with van der Waals surface area (Å²) in [5.74, 6) is -1.40. The summed E-state index contributed by atoms with van der Waals surface area (Å²) in [6.07, 6.45) is 4.17. The van der Waals surface area contributed by atoms with Gasteiger partial charge in [0.05, 0.1) is 18.1 Å². The molecule has 0 aromatic carbocycles. The van der Waals surface area contributed by atoms with Crippen LogP contribution in [0.25, 0.3) is 0 Å². The van der Waals surface area contributed by atoms with E-state index in [0.29, 0.717) is 12.2 Å². The van der Waals surface area contributed by atoms with Gasteiger partial charge in [-0.2, -0.15) is 8.42 Å². The quantitative estimate of drug-likeness (QED) is 0.554. The van der Waals surface area contributed by atoms with Gasteiger partial charge in [0.2, 0.25) is 11.8 Å². The molecular formula is C11H13NO5S. The van der Waals surface area contributed by atoms with Crippen molar-refractivity contribution in [3.05, 3.63) is 11.8 Å². The number of imide groups is 1. The number of nitrogens with one attached hydrogen (secondary N) is 1. The van der Waals surface area contributed by atoms with Crippen LogP contribution in [-0.4, -0.2) is 26.5 Å². The normalized spacial score (nSPS) is 38.2. The lowest BCUT2D eigenvalue weighted by atomic mass is 9.62. The summed E-state index contributed by atoms with van der Waals surface area (Å²) in [6, 6.07) is 0. The molecule has 4 aliphatic rings. The van der Waals surface area contributed by atoms with E-state index in [1.807, 2.05) is 0 Å². The van der Waals surface area contributed by atoms with Crippen molar-refractivity contribution in [2.45, 2.75) is 12.8 Å². The third kappa shape index (κ3) is 1.65. The summed E-state index contributed by atoms with van der Waals surface area (Å²) in [5.41, 5.74) is 0. The summed E-state index contributed by atoms with van der Waals surface area (Å²) in [4.78, 5) is 23.4. The first-order valence-corrected chi connectivity index (χ1v) is 7.64. The lowest BCUT2D eigenvalue weighted by molar-refractivity contribution is -0.126. The number of allylic oxidation sites excluding steroid dienone is 2. The number of carbonyl (C=O) groups excluding carboxylic acids is 2. The second-order valence-corrected chi connectivity index (χ2v) is 6.68. The Labute approximate surface area is 105 Å². The molecule has 1 heterocycles. The van der Waals surface area contributed by atoms with E-state index in [-0.39, 0.29) is 29.6 Å². The zero-order chi connectivity index (χ0) is 13.1. The third-order valence-corrected chi connectivity index (χ3v) is 4.43.